The van der Waals surface area contributed by atoms with Crippen molar-refractivity contribution in [2.75, 3.05) is 13.2 Å². The van der Waals surface area contributed by atoms with Gasteiger partial charge in [0.15, 0.2) is 6.29 Å². The van der Waals surface area contributed by atoms with Crippen LogP contribution in [0.5, 0.6) is 0 Å². The van der Waals surface area contributed by atoms with E-state index in [0.29, 0.717) is 12.8 Å². The third kappa shape index (κ3) is 28.1. The number of carbonyl (C=O) groups excluding carboxylic acids is 1. The first-order chi connectivity index (χ1) is 37.5. The zero-order valence-electron chi connectivity index (χ0n) is 43.7. The standard InChI is InChI=1S/C64H63NO11S/c1-4-6-8-10-12-14-16-18-19-20-21-22-23-24-25-26-27-28-30-32-34-36-41-45-59(67)65-56(51-74-64-62(70)61(69)60(68)58(76-64)52-75-77(71,72)55-48-46-53(3)47-49-55)63(73-50-54-42-38-37-39-43-54)57(66)44-40-35-33-31-29-17-15-13-11-9-7-5-2/h37-39,42-43,46-49,56-58,60-64,66,68-70H,5,7,9,11,13,15,17,29,31,33,35,40,44,50-52H2,1-3H3,(H,65,67)/t56-,57+,58?,60-,61-,62?,63-,64-/m0/s1. The zero-order valence-corrected chi connectivity index (χ0v) is 44.5. The van der Waals surface area contributed by atoms with Gasteiger partial charge in [0.2, 0.25) is 0 Å². The molecule has 5 N–H and O–H groups in total. The maximum atomic E-state index is 13.4. The Morgan fingerprint density at radius 1 is 0.623 bits per heavy atom. The van der Waals surface area contributed by atoms with Gasteiger partial charge in [-0.1, -0.05) is 138 Å². The van der Waals surface area contributed by atoms with Gasteiger partial charge in [-0.15, -0.1) is 0 Å². The van der Waals surface area contributed by atoms with Crippen LogP contribution in [0.15, 0.2) is 59.5 Å². The molecule has 0 aromatic heterocycles. The van der Waals surface area contributed by atoms with E-state index in [1.165, 1.54) is 57.1 Å². The zero-order chi connectivity index (χ0) is 55.6. The Morgan fingerprint density at radius 3 is 1.58 bits per heavy atom. The molecule has 1 fully saturated rings. The fraction of sp³-hybridized carbons (Fsp3) is 0.422. The smallest absolute Gasteiger partial charge is 0.297 e. The minimum absolute atomic E-state index is 0.0411. The molecule has 396 valence electrons. The van der Waals surface area contributed by atoms with Crippen LogP contribution in [0.25, 0.3) is 0 Å². The molecule has 2 aromatic rings. The first-order valence-electron chi connectivity index (χ1n) is 25.3. The molecular weight excluding hydrogens is 991 g/mol. The Hall–Kier alpha value is -7.74. The summed E-state index contributed by atoms with van der Waals surface area (Å²) in [4.78, 5) is 13.3. The molecule has 1 saturated heterocycles. The molecule has 0 spiro atoms. The van der Waals surface area contributed by atoms with Gasteiger partial charge in [0, 0.05) is 41.4 Å². The maximum absolute atomic E-state index is 13.4. The van der Waals surface area contributed by atoms with Gasteiger partial charge in [0.25, 0.3) is 16.0 Å². The number of hydrogen-bond donors (Lipinski definition) is 5. The van der Waals surface area contributed by atoms with Crippen molar-refractivity contribution in [3.63, 3.8) is 0 Å². The summed E-state index contributed by atoms with van der Waals surface area (Å²) in [5.74, 6) is 59.2. The van der Waals surface area contributed by atoms with E-state index in [1.807, 2.05) is 30.3 Å². The van der Waals surface area contributed by atoms with Gasteiger partial charge in [-0.2, -0.15) is 8.42 Å². The van der Waals surface area contributed by atoms with Crippen molar-refractivity contribution in [1.82, 2.24) is 5.32 Å². The lowest BCUT2D eigenvalue weighted by Gasteiger charge is -2.41. The van der Waals surface area contributed by atoms with Gasteiger partial charge >= 0.3 is 0 Å². The van der Waals surface area contributed by atoms with Crippen LogP contribution in [-0.4, -0.2) is 96.9 Å². The quantitative estimate of drug-likeness (QED) is 0.0481. The summed E-state index contributed by atoms with van der Waals surface area (Å²) < 4.78 is 49.3. The van der Waals surface area contributed by atoms with Crippen molar-refractivity contribution in [2.24, 2.45) is 0 Å². The van der Waals surface area contributed by atoms with E-state index < -0.39 is 78.2 Å². The number of amides is 1. The summed E-state index contributed by atoms with van der Waals surface area (Å²) in [6.07, 6.45) is 3.04. The van der Waals surface area contributed by atoms with E-state index in [9.17, 15) is 33.6 Å². The minimum Gasteiger partial charge on any atom is -0.390 e. The number of hydrogen-bond acceptors (Lipinski definition) is 11. The lowest BCUT2D eigenvalue weighted by Crippen LogP contribution is -2.60. The number of carbonyl (C=O) groups is 1. The Balaban J connectivity index is 1.75. The average molecular weight is 1050 g/mol. The SMILES string of the molecule is CC#CC#CC#CC#CC#CC#CC#CC#CC#CC#CC#CC#CC(=O)N[C@@H](CO[C@H]1OC(COS(=O)(=O)c2ccc(C)cc2)[C@H](O)[C@H](O)C1O)[C@H](OCc1ccccc1)[C@H](O)CCCCCCCCCCCCCC. The number of nitrogens with one attached hydrogen (secondary N) is 1. The number of aryl methyl sites for hydroxylation is 1. The van der Waals surface area contributed by atoms with Gasteiger partial charge in [0.1, 0.15) is 30.5 Å². The number of ether oxygens (including phenoxy) is 3. The number of benzene rings is 2. The second kappa shape index (κ2) is 39.6. The molecule has 0 bridgehead atoms. The molecule has 2 aromatic carbocycles. The largest absolute Gasteiger partial charge is 0.390 e. The van der Waals surface area contributed by atoms with E-state index in [0.717, 1.165) is 36.8 Å². The summed E-state index contributed by atoms with van der Waals surface area (Å²) in [7, 11) is -4.31. The van der Waals surface area contributed by atoms with Crippen LogP contribution in [0.3, 0.4) is 0 Å². The van der Waals surface area contributed by atoms with E-state index >= 15 is 0 Å². The summed E-state index contributed by atoms with van der Waals surface area (Å²) >= 11 is 0. The highest BCUT2D eigenvalue weighted by molar-refractivity contribution is 7.86. The van der Waals surface area contributed by atoms with Crippen LogP contribution in [0.1, 0.15) is 108 Å². The maximum Gasteiger partial charge on any atom is 0.297 e. The van der Waals surface area contributed by atoms with Gasteiger partial charge in [-0.3, -0.25) is 8.98 Å². The first kappa shape index (κ1) is 63.6. The molecule has 8 atom stereocenters. The molecular formula is C64H63NO11S. The van der Waals surface area contributed by atoms with Crippen LogP contribution < -0.4 is 5.32 Å². The Morgan fingerprint density at radius 2 is 1.09 bits per heavy atom. The van der Waals surface area contributed by atoms with E-state index in [2.05, 4.69) is 154 Å². The summed E-state index contributed by atoms with van der Waals surface area (Å²) in [5.41, 5.74) is 1.61. The molecule has 1 amide bonds. The highest BCUT2D eigenvalue weighted by Crippen LogP contribution is 2.25. The highest BCUT2D eigenvalue weighted by atomic mass is 32.2. The molecule has 0 aliphatic carbocycles. The number of aliphatic hydroxyl groups is 4. The normalized spacial score (nSPS) is 16.6. The van der Waals surface area contributed by atoms with Crippen molar-refractivity contribution in [3.8, 4) is 142 Å². The molecule has 13 heteroatoms. The third-order valence-electron chi connectivity index (χ3n) is 11.2. The second-order valence-electron chi connectivity index (χ2n) is 17.1. The number of unbranched alkanes of at least 4 members (excludes halogenated alkanes) is 11. The van der Waals surface area contributed by atoms with E-state index in [-0.39, 0.29) is 11.5 Å². The first-order valence-corrected chi connectivity index (χ1v) is 26.7. The minimum atomic E-state index is -4.31. The van der Waals surface area contributed by atoms with Gasteiger partial charge in [-0.25, -0.2) is 0 Å². The van der Waals surface area contributed by atoms with Gasteiger partial charge in [-0.05, 0) is 133 Å². The van der Waals surface area contributed by atoms with Crippen LogP contribution >= 0.6 is 0 Å². The molecule has 1 heterocycles. The average Bonchev–Trinajstić information content (AvgIpc) is 3.43. The molecule has 1 aliphatic heterocycles. The predicted octanol–water partition coefficient (Wildman–Crippen LogP) is 5.11. The predicted molar refractivity (Wildman–Crippen MR) is 295 cm³/mol. The van der Waals surface area contributed by atoms with Crippen molar-refractivity contribution >= 4 is 16.0 Å². The van der Waals surface area contributed by atoms with E-state index in [1.54, 1.807) is 26.0 Å². The van der Waals surface area contributed by atoms with Crippen LogP contribution in [0.2, 0.25) is 0 Å². The number of aliphatic hydroxyl groups excluding tert-OH is 4. The van der Waals surface area contributed by atoms with Crippen molar-refractivity contribution in [2.45, 2.75) is 165 Å². The van der Waals surface area contributed by atoms with Gasteiger partial charge < -0.3 is 40.0 Å². The molecule has 0 saturated carbocycles. The lowest BCUT2D eigenvalue weighted by molar-refractivity contribution is -0.302. The fourth-order valence-corrected chi connectivity index (χ4v) is 8.06. The van der Waals surface area contributed by atoms with Crippen molar-refractivity contribution < 1.29 is 52.0 Å². The van der Waals surface area contributed by atoms with Crippen molar-refractivity contribution in [3.05, 3.63) is 65.7 Å². The Kier molecular flexibility index (Phi) is 32.7. The highest BCUT2D eigenvalue weighted by Gasteiger charge is 2.45. The molecule has 12 nitrogen and oxygen atoms in total. The Bertz CT molecular complexity index is 3120. The molecule has 77 heavy (non-hydrogen) atoms. The molecule has 0 radical (unpaired) electrons. The lowest BCUT2D eigenvalue weighted by atomic mass is 9.98. The molecule has 2 unspecified atom stereocenters. The van der Waals surface area contributed by atoms with Crippen LogP contribution in [-0.2, 0) is 39.9 Å². The second-order valence-corrected chi connectivity index (χ2v) is 18.7. The van der Waals surface area contributed by atoms with Gasteiger partial charge in [0.05, 0.1) is 36.9 Å². The van der Waals surface area contributed by atoms with E-state index in [4.69, 9.17) is 18.4 Å². The summed E-state index contributed by atoms with van der Waals surface area (Å²) in [6, 6.07) is 14.0. The third-order valence-corrected chi connectivity index (χ3v) is 12.4. The topological polar surface area (TPSA) is 181 Å². The Labute approximate surface area is 457 Å². The van der Waals surface area contributed by atoms with Crippen LogP contribution in [0.4, 0.5) is 0 Å². The summed E-state index contributed by atoms with van der Waals surface area (Å²) in [6.45, 7) is 4.51. The molecule has 1 aliphatic rings. The molecule has 3 rings (SSSR count). The van der Waals surface area contributed by atoms with Crippen molar-refractivity contribution in [1.29, 1.82) is 0 Å². The fourth-order valence-electron chi connectivity index (χ4n) is 7.14. The number of rotatable bonds is 26. The monoisotopic (exact) mass is 1050 g/mol. The van der Waals surface area contributed by atoms with Crippen LogP contribution in [0, 0.1) is 149 Å². The summed E-state index contributed by atoms with van der Waals surface area (Å²) in [5, 5.41) is 47.2.